The van der Waals surface area contributed by atoms with Crippen LogP contribution in [0.5, 0.6) is 0 Å². The van der Waals surface area contributed by atoms with E-state index >= 15 is 0 Å². The first-order valence-corrected chi connectivity index (χ1v) is 6.63. The van der Waals surface area contributed by atoms with E-state index in [2.05, 4.69) is 23.8 Å². The lowest BCUT2D eigenvalue weighted by Gasteiger charge is -2.12. The van der Waals surface area contributed by atoms with E-state index in [-0.39, 0.29) is 5.56 Å². The van der Waals surface area contributed by atoms with Crippen molar-refractivity contribution >= 4 is 16.8 Å². The summed E-state index contributed by atoms with van der Waals surface area (Å²) < 4.78 is 1.66. The predicted molar refractivity (Wildman–Crippen MR) is 76.8 cm³/mol. The number of rotatable bonds is 2. The molecule has 0 aliphatic heterocycles. The second-order valence-electron chi connectivity index (χ2n) is 5.04. The Bertz CT molecular complexity index is 813. The fourth-order valence-corrected chi connectivity index (χ4v) is 2.51. The number of fused-ring (bicyclic) bond motifs is 3. The van der Waals surface area contributed by atoms with Crippen LogP contribution >= 0.6 is 0 Å². The van der Waals surface area contributed by atoms with Crippen LogP contribution in [0.2, 0.25) is 0 Å². The van der Waals surface area contributed by atoms with Crippen LogP contribution in [0.3, 0.4) is 0 Å². The molecular weight excluding hydrogens is 238 g/mol. The third-order valence-corrected chi connectivity index (χ3v) is 3.84. The highest BCUT2D eigenvalue weighted by molar-refractivity contribution is 5.79. The van der Waals surface area contributed by atoms with Crippen molar-refractivity contribution in [2.75, 3.05) is 0 Å². The van der Waals surface area contributed by atoms with Gasteiger partial charge >= 0.3 is 0 Å². The molecule has 4 heteroatoms. The number of nitrogens with zero attached hydrogens (tertiary/aromatic N) is 2. The number of H-pyrrole nitrogens is 1. The first-order chi connectivity index (χ1) is 9.13. The summed E-state index contributed by atoms with van der Waals surface area (Å²) in [6.45, 7) is 6.13. The van der Waals surface area contributed by atoms with Gasteiger partial charge in [-0.15, -0.1) is 0 Å². The Labute approximate surface area is 111 Å². The molecule has 0 saturated heterocycles. The summed E-state index contributed by atoms with van der Waals surface area (Å²) in [5, 5.41) is 0. The summed E-state index contributed by atoms with van der Waals surface area (Å²) in [6, 6.07) is 7.70. The molecule has 0 aliphatic carbocycles. The number of aromatic nitrogens is 3. The Balaban J connectivity index is 2.46. The standard InChI is InChI=1S/C15H17N3O/c1-4-9(2)13-10(3)14(19)18-12-8-6-5-7-11(12)16-15(18)17-13/h5-9H,4H2,1-3H3,(H,16,17)/t9-/m1/s1. The SMILES string of the molecule is CC[C@@H](C)c1[nH]c2nc3ccccc3n2c(=O)c1C. The summed E-state index contributed by atoms with van der Waals surface area (Å²) in [5.74, 6) is 0.963. The van der Waals surface area contributed by atoms with Crippen molar-refractivity contribution < 1.29 is 0 Å². The molecule has 0 radical (unpaired) electrons. The van der Waals surface area contributed by atoms with Crippen LogP contribution in [0.15, 0.2) is 29.1 Å². The lowest BCUT2D eigenvalue weighted by atomic mass is 10.0. The zero-order valence-electron chi connectivity index (χ0n) is 11.4. The molecule has 1 aromatic carbocycles. The molecule has 0 spiro atoms. The Kier molecular flexibility index (Phi) is 2.66. The molecule has 19 heavy (non-hydrogen) atoms. The zero-order valence-corrected chi connectivity index (χ0v) is 11.4. The van der Waals surface area contributed by atoms with E-state index in [1.165, 1.54) is 0 Å². The summed E-state index contributed by atoms with van der Waals surface area (Å²) in [7, 11) is 0. The van der Waals surface area contributed by atoms with Crippen LogP contribution in [-0.4, -0.2) is 14.4 Å². The van der Waals surface area contributed by atoms with Crippen molar-refractivity contribution in [1.29, 1.82) is 0 Å². The molecule has 0 saturated carbocycles. The fraction of sp³-hybridized carbons (Fsp3) is 0.333. The van der Waals surface area contributed by atoms with Crippen molar-refractivity contribution in [3.8, 4) is 0 Å². The van der Waals surface area contributed by atoms with Gasteiger partial charge in [-0.3, -0.25) is 4.79 Å². The summed E-state index contributed by atoms with van der Waals surface area (Å²) >= 11 is 0. The first kappa shape index (κ1) is 12.0. The molecular formula is C15H17N3O. The van der Waals surface area contributed by atoms with Gasteiger partial charge in [0.15, 0.2) is 0 Å². The molecule has 2 heterocycles. The number of imidazole rings is 1. The maximum absolute atomic E-state index is 12.5. The minimum atomic E-state index is 0.0257. The number of hydrogen-bond acceptors (Lipinski definition) is 2. The summed E-state index contributed by atoms with van der Waals surface area (Å²) in [6.07, 6.45) is 0.993. The topological polar surface area (TPSA) is 50.2 Å². The number of nitrogens with one attached hydrogen (secondary N) is 1. The Hall–Kier alpha value is -2.10. The molecule has 1 atom stereocenters. The van der Waals surface area contributed by atoms with Crippen molar-refractivity contribution in [2.45, 2.75) is 33.1 Å². The highest BCUT2D eigenvalue weighted by atomic mass is 16.1. The van der Waals surface area contributed by atoms with E-state index in [1.54, 1.807) is 4.40 Å². The smallest absolute Gasteiger partial charge is 0.262 e. The molecule has 0 amide bonds. The normalized spacial score (nSPS) is 13.2. The summed E-state index contributed by atoms with van der Waals surface area (Å²) in [4.78, 5) is 20.4. The minimum absolute atomic E-state index is 0.0257. The quantitative estimate of drug-likeness (QED) is 0.765. The zero-order chi connectivity index (χ0) is 13.6. The maximum Gasteiger partial charge on any atom is 0.262 e. The maximum atomic E-state index is 12.5. The van der Waals surface area contributed by atoms with E-state index in [0.29, 0.717) is 11.7 Å². The third kappa shape index (κ3) is 1.67. The van der Waals surface area contributed by atoms with E-state index in [9.17, 15) is 4.79 Å². The van der Waals surface area contributed by atoms with Crippen molar-refractivity contribution in [3.05, 3.63) is 45.9 Å². The lowest BCUT2D eigenvalue weighted by molar-refractivity contribution is 0.697. The molecule has 3 rings (SSSR count). The average molecular weight is 255 g/mol. The highest BCUT2D eigenvalue weighted by Gasteiger charge is 2.15. The second-order valence-corrected chi connectivity index (χ2v) is 5.04. The van der Waals surface area contributed by atoms with Crippen molar-refractivity contribution in [1.82, 2.24) is 14.4 Å². The molecule has 0 fully saturated rings. The van der Waals surface area contributed by atoms with Crippen LogP contribution in [0.1, 0.15) is 37.4 Å². The van der Waals surface area contributed by atoms with Crippen molar-refractivity contribution in [2.24, 2.45) is 0 Å². The number of benzene rings is 1. The Morgan fingerprint density at radius 3 is 2.84 bits per heavy atom. The molecule has 4 nitrogen and oxygen atoms in total. The van der Waals surface area contributed by atoms with Gasteiger partial charge in [0.1, 0.15) is 0 Å². The third-order valence-electron chi connectivity index (χ3n) is 3.84. The summed E-state index contributed by atoms with van der Waals surface area (Å²) in [5.41, 5.74) is 3.51. The molecule has 2 aromatic heterocycles. The van der Waals surface area contributed by atoms with E-state index in [1.807, 2.05) is 31.2 Å². The van der Waals surface area contributed by atoms with Crippen molar-refractivity contribution in [3.63, 3.8) is 0 Å². The van der Waals surface area contributed by atoms with Gasteiger partial charge in [-0.05, 0) is 31.4 Å². The van der Waals surface area contributed by atoms with Gasteiger partial charge in [-0.2, -0.15) is 0 Å². The minimum Gasteiger partial charge on any atom is -0.328 e. The van der Waals surface area contributed by atoms with Gasteiger partial charge in [0.05, 0.1) is 11.0 Å². The second kappa shape index (κ2) is 4.23. The molecule has 3 aromatic rings. The van der Waals surface area contributed by atoms with Gasteiger partial charge in [-0.1, -0.05) is 26.0 Å². The van der Waals surface area contributed by atoms with Crippen LogP contribution < -0.4 is 5.56 Å². The molecule has 0 unspecified atom stereocenters. The molecule has 1 N–H and O–H groups in total. The van der Waals surface area contributed by atoms with E-state index in [4.69, 9.17) is 0 Å². The predicted octanol–water partition coefficient (Wildman–Crippen LogP) is 3.00. The van der Waals surface area contributed by atoms with Gasteiger partial charge < -0.3 is 4.98 Å². The fourth-order valence-electron chi connectivity index (χ4n) is 2.51. The number of para-hydroxylation sites is 2. The Morgan fingerprint density at radius 2 is 2.11 bits per heavy atom. The van der Waals surface area contributed by atoms with Gasteiger partial charge in [0, 0.05) is 11.3 Å². The van der Waals surface area contributed by atoms with Gasteiger partial charge in [-0.25, -0.2) is 9.38 Å². The Morgan fingerprint density at radius 1 is 1.37 bits per heavy atom. The molecule has 0 bridgehead atoms. The van der Waals surface area contributed by atoms with Crippen LogP contribution in [0.4, 0.5) is 0 Å². The first-order valence-electron chi connectivity index (χ1n) is 6.63. The number of aromatic amines is 1. The van der Waals surface area contributed by atoms with Gasteiger partial charge in [0.2, 0.25) is 5.78 Å². The van der Waals surface area contributed by atoms with Crippen LogP contribution in [0, 0.1) is 6.92 Å². The van der Waals surface area contributed by atoms with E-state index < -0.39 is 0 Å². The molecule has 98 valence electrons. The van der Waals surface area contributed by atoms with Crippen LogP contribution in [-0.2, 0) is 0 Å². The number of hydrogen-bond donors (Lipinski definition) is 1. The highest BCUT2D eigenvalue weighted by Crippen LogP contribution is 2.20. The average Bonchev–Trinajstić information content (AvgIpc) is 2.80. The largest absolute Gasteiger partial charge is 0.328 e. The monoisotopic (exact) mass is 255 g/mol. The van der Waals surface area contributed by atoms with Gasteiger partial charge in [0.25, 0.3) is 5.56 Å². The molecule has 0 aliphatic rings. The van der Waals surface area contributed by atoms with E-state index in [0.717, 1.165) is 28.7 Å². The van der Waals surface area contributed by atoms with Crippen LogP contribution in [0.25, 0.3) is 16.8 Å². The lowest BCUT2D eigenvalue weighted by Crippen LogP contribution is -2.20.